The minimum Gasteiger partial charge on any atom is -0.449 e. The molecule has 0 radical (unpaired) electrons. The first kappa shape index (κ1) is 20.4. The first-order chi connectivity index (χ1) is 12.8. The Morgan fingerprint density at radius 2 is 1.70 bits per heavy atom. The van der Waals surface area contributed by atoms with Crippen LogP contribution in [0.3, 0.4) is 0 Å². The second-order valence-electron chi connectivity index (χ2n) is 5.36. The van der Waals surface area contributed by atoms with Crippen LogP contribution in [0.5, 0.6) is 5.75 Å². The Bertz CT molecular complexity index is 807. The summed E-state index contributed by atoms with van der Waals surface area (Å²) in [7, 11) is 0. The third-order valence-electron chi connectivity index (χ3n) is 3.29. The summed E-state index contributed by atoms with van der Waals surface area (Å²) in [5.74, 6) is -1.20. The van der Waals surface area contributed by atoms with Crippen LogP contribution in [0.4, 0.5) is 14.5 Å². The molecule has 0 fully saturated rings. The molecule has 27 heavy (non-hydrogen) atoms. The van der Waals surface area contributed by atoms with E-state index in [2.05, 4.69) is 10.1 Å². The molecule has 142 valence electrons. The number of alkyl halides is 2. The van der Waals surface area contributed by atoms with Gasteiger partial charge in [-0.05, 0) is 55.0 Å². The second-order valence-corrected chi connectivity index (χ2v) is 5.79. The molecular formula is C19H16ClF2NO4. The predicted molar refractivity (Wildman–Crippen MR) is 97.7 cm³/mol. The van der Waals surface area contributed by atoms with E-state index in [4.69, 9.17) is 16.3 Å². The third-order valence-corrected chi connectivity index (χ3v) is 3.54. The molecule has 0 spiro atoms. The number of amides is 1. The summed E-state index contributed by atoms with van der Waals surface area (Å²) in [5.41, 5.74) is 1.10. The molecule has 0 saturated carbocycles. The van der Waals surface area contributed by atoms with E-state index in [1.54, 1.807) is 24.3 Å². The van der Waals surface area contributed by atoms with Gasteiger partial charge in [0, 0.05) is 16.8 Å². The minimum atomic E-state index is -2.90. The maximum Gasteiger partial charge on any atom is 0.387 e. The Labute approximate surface area is 159 Å². The highest BCUT2D eigenvalue weighted by Gasteiger charge is 2.16. The highest BCUT2D eigenvalue weighted by Crippen LogP contribution is 2.16. The summed E-state index contributed by atoms with van der Waals surface area (Å²) in [6.45, 7) is -1.46. The van der Waals surface area contributed by atoms with Crippen LogP contribution in [0.2, 0.25) is 5.02 Å². The maximum absolute atomic E-state index is 12.1. The molecule has 0 aliphatic carbocycles. The summed E-state index contributed by atoms with van der Waals surface area (Å²) in [4.78, 5) is 23.8. The van der Waals surface area contributed by atoms with E-state index in [0.29, 0.717) is 16.3 Å². The summed E-state index contributed by atoms with van der Waals surface area (Å²) >= 11 is 5.77. The van der Waals surface area contributed by atoms with Gasteiger partial charge in [-0.2, -0.15) is 8.78 Å². The van der Waals surface area contributed by atoms with Gasteiger partial charge >= 0.3 is 12.6 Å². The zero-order chi connectivity index (χ0) is 19.8. The fourth-order valence-electron chi connectivity index (χ4n) is 1.97. The number of nitrogens with one attached hydrogen (secondary N) is 1. The molecule has 0 heterocycles. The number of hydrogen-bond acceptors (Lipinski definition) is 4. The van der Waals surface area contributed by atoms with Gasteiger partial charge in [0.2, 0.25) is 0 Å². The second kappa shape index (κ2) is 9.68. The van der Waals surface area contributed by atoms with E-state index in [9.17, 15) is 18.4 Å². The highest BCUT2D eigenvalue weighted by molar-refractivity contribution is 6.30. The largest absolute Gasteiger partial charge is 0.449 e. The molecule has 1 atom stereocenters. The number of halogens is 3. The van der Waals surface area contributed by atoms with Crippen molar-refractivity contribution in [3.8, 4) is 5.75 Å². The average Bonchev–Trinajstić information content (AvgIpc) is 2.62. The molecule has 1 amide bonds. The topological polar surface area (TPSA) is 64.6 Å². The van der Waals surface area contributed by atoms with Crippen LogP contribution in [0.25, 0.3) is 6.08 Å². The molecule has 0 saturated heterocycles. The van der Waals surface area contributed by atoms with Gasteiger partial charge in [-0.1, -0.05) is 23.7 Å². The molecule has 1 N–H and O–H groups in total. The van der Waals surface area contributed by atoms with Crippen LogP contribution in [0.15, 0.2) is 54.6 Å². The molecule has 2 aromatic rings. The van der Waals surface area contributed by atoms with Crippen molar-refractivity contribution < 1.29 is 27.8 Å². The van der Waals surface area contributed by atoms with Crippen molar-refractivity contribution in [1.82, 2.24) is 0 Å². The normalized spacial score (nSPS) is 12.0. The Kier molecular flexibility index (Phi) is 7.31. The summed E-state index contributed by atoms with van der Waals surface area (Å²) in [6.07, 6.45) is 1.55. The third kappa shape index (κ3) is 7.07. The molecule has 2 rings (SSSR count). The van der Waals surface area contributed by atoms with E-state index in [1.165, 1.54) is 37.3 Å². The van der Waals surface area contributed by atoms with Gasteiger partial charge < -0.3 is 14.8 Å². The molecule has 0 unspecified atom stereocenters. The molecule has 0 aliphatic heterocycles. The van der Waals surface area contributed by atoms with Crippen LogP contribution < -0.4 is 10.1 Å². The smallest absolute Gasteiger partial charge is 0.387 e. The van der Waals surface area contributed by atoms with Gasteiger partial charge in [-0.3, -0.25) is 4.79 Å². The summed E-state index contributed by atoms with van der Waals surface area (Å²) < 4.78 is 33.4. The van der Waals surface area contributed by atoms with Gasteiger partial charge in [0.25, 0.3) is 5.91 Å². The molecule has 0 aliphatic rings. The van der Waals surface area contributed by atoms with E-state index in [-0.39, 0.29) is 5.75 Å². The zero-order valence-corrected chi connectivity index (χ0v) is 15.0. The van der Waals surface area contributed by atoms with E-state index < -0.39 is 24.6 Å². The number of benzene rings is 2. The SMILES string of the molecule is C[C@H](OC(=O)/C=C/c1ccc(OC(F)F)cc1)C(=O)Nc1ccc(Cl)cc1. The van der Waals surface area contributed by atoms with Gasteiger partial charge in [-0.15, -0.1) is 0 Å². The predicted octanol–water partition coefficient (Wildman–Crippen LogP) is 4.53. The monoisotopic (exact) mass is 395 g/mol. The first-order valence-electron chi connectivity index (χ1n) is 7.83. The fraction of sp³-hybridized carbons (Fsp3) is 0.158. The number of esters is 1. The van der Waals surface area contributed by atoms with Crippen molar-refractivity contribution in [2.45, 2.75) is 19.6 Å². The Hall–Kier alpha value is -2.93. The van der Waals surface area contributed by atoms with Gasteiger partial charge in [0.15, 0.2) is 6.10 Å². The zero-order valence-electron chi connectivity index (χ0n) is 14.2. The lowest BCUT2D eigenvalue weighted by molar-refractivity contribution is -0.148. The van der Waals surface area contributed by atoms with E-state index >= 15 is 0 Å². The van der Waals surface area contributed by atoms with Crippen molar-refractivity contribution in [2.75, 3.05) is 5.32 Å². The van der Waals surface area contributed by atoms with Crippen LogP contribution in [0, 0.1) is 0 Å². The molecule has 0 aromatic heterocycles. The number of carbonyl (C=O) groups excluding carboxylic acids is 2. The first-order valence-corrected chi connectivity index (χ1v) is 8.21. The Morgan fingerprint density at radius 1 is 1.07 bits per heavy atom. The number of carbonyl (C=O) groups is 2. The minimum absolute atomic E-state index is 0.0113. The van der Waals surface area contributed by atoms with E-state index in [0.717, 1.165) is 6.08 Å². The summed E-state index contributed by atoms with van der Waals surface area (Å²) in [6, 6.07) is 12.2. The lowest BCUT2D eigenvalue weighted by Gasteiger charge is -2.12. The molecule has 5 nitrogen and oxygen atoms in total. The van der Waals surface area contributed by atoms with Gasteiger partial charge in [0.05, 0.1) is 0 Å². The lowest BCUT2D eigenvalue weighted by Crippen LogP contribution is -2.29. The van der Waals surface area contributed by atoms with E-state index in [1.807, 2.05) is 0 Å². The molecule has 2 aromatic carbocycles. The van der Waals surface area contributed by atoms with Crippen molar-refractivity contribution in [3.05, 3.63) is 65.2 Å². The fourth-order valence-corrected chi connectivity index (χ4v) is 2.09. The van der Waals surface area contributed by atoms with Crippen LogP contribution in [-0.4, -0.2) is 24.6 Å². The van der Waals surface area contributed by atoms with Crippen molar-refractivity contribution >= 4 is 35.2 Å². The van der Waals surface area contributed by atoms with Crippen LogP contribution in [0.1, 0.15) is 12.5 Å². The molecular weight excluding hydrogens is 380 g/mol. The van der Waals surface area contributed by atoms with Crippen LogP contribution >= 0.6 is 11.6 Å². The lowest BCUT2D eigenvalue weighted by atomic mass is 10.2. The van der Waals surface area contributed by atoms with Gasteiger partial charge in [-0.25, -0.2) is 4.79 Å². The number of rotatable bonds is 7. The average molecular weight is 396 g/mol. The Balaban J connectivity index is 1.85. The van der Waals surface area contributed by atoms with Crippen molar-refractivity contribution in [1.29, 1.82) is 0 Å². The number of ether oxygens (including phenoxy) is 2. The van der Waals surface area contributed by atoms with Crippen LogP contribution in [-0.2, 0) is 14.3 Å². The van der Waals surface area contributed by atoms with Gasteiger partial charge in [0.1, 0.15) is 5.75 Å². The van der Waals surface area contributed by atoms with Crippen molar-refractivity contribution in [3.63, 3.8) is 0 Å². The number of hydrogen-bond donors (Lipinski definition) is 1. The molecule has 8 heteroatoms. The number of anilines is 1. The quantitative estimate of drug-likeness (QED) is 0.552. The Morgan fingerprint density at radius 3 is 2.30 bits per heavy atom. The molecule has 0 bridgehead atoms. The van der Waals surface area contributed by atoms with Crippen molar-refractivity contribution in [2.24, 2.45) is 0 Å². The summed E-state index contributed by atoms with van der Waals surface area (Å²) in [5, 5.41) is 3.13. The maximum atomic E-state index is 12.1. The standard InChI is InChI=1S/C19H16ClF2NO4/c1-12(18(25)23-15-7-5-14(20)6-8-15)26-17(24)11-4-13-2-9-16(10-3-13)27-19(21)22/h2-12,19H,1H3,(H,23,25)/b11-4+/t12-/m0/s1. The highest BCUT2D eigenvalue weighted by atomic mass is 35.5.